The minimum Gasteiger partial charge on any atom is -0.347 e. The van der Waals surface area contributed by atoms with E-state index >= 15 is 0 Å². The molecule has 0 N–H and O–H groups in total. The average Bonchev–Trinajstić information content (AvgIpc) is 2.58. The molecule has 2 heteroatoms. The third kappa shape index (κ3) is 1.73. The number of benzene rings is 1. The van der Waals surface area contributed by atoms with E-state index in [0.29, 0.717) is 0 Å². The minimum atomic E-state index is 1.11. The molecule has 1 aromatic carbocycles. The monoisotopic (exact) mass is 191 g/mol. The second-order valence-electron chi connectivity index (χ2n) is 3.06. The van der Waals surface area contributed by atoms with Crippen molar-refractivity contribution >= 4 is 22.7 Å². The van der Waals surface area contributed by atoms with Gasteiger partial charge in [0.1, 0.15) is 0 Å². The Morgan fingerprint density at radius 3 is 2.92 bits per heavy atom. The first-order chi connectivity index (χ1) is 6.42. The number of hydrogen-bond acceptors (Lipinski definition) is 1. The zero-order chi connectivity index (χ0) is 9.10. The van der Waals surface area contributed by atoms with Crippen LogP contribution in [0, 0.1) is 0 Å². The molecule has 2 aromatic rings. The van der Waals surface area contributed by atoms with E-state index in [1.165, 1.54) is 16.7 Å². The Morgan fingerprint density at radius 1 is 1.23 bits per heavy atom. The molecule has 1 nitrogen and oxygen atoms in total. The summed E-state index contributed by atoms with van der Waals surface area (Å²) in [5.74, 6) is 1.18. The van der Waals surface area contributed by atoms with Crippen LogP contribution in [0.15, 0.2) is 36.5 Å². The number of aromatic nitrogens is 1. The molecule has 68 valence electrons. The quantitative estimate of drug-likeness (QED) is 0.722. The molecular weight excluding hydrogens is 178 g/mol. The van der Waals surface area contributed by atoms with Crippen molar-refractivity contribution in [3.63, 3.8) is 0 Å². The summed E-state index contributed by atoms with van der Waals surface area (Å²) in [5, 5.41) is 1.34. The van der Waals surface area contributed by atoms with Crippen LogP contribution >= 0.6 is 11.8 Å². The largest absolute Gasteiger partial charge is 0.347 e. The molecule has 1 aromatic heterocycles. The summed E-state index contributed by atoms with van der Waals surface area (Å²) in [6, 6.07) is 10.7. The van der Waals surface area contributed by atoms with E-state index < -0.39 is 0 Å². The number of hydrogen-bond donors (Lipinski definition) is 0. The number of rotatable bonds is 3. The van der Waals surface area contributed by atoms with Gasteiger partial charge in [0.2, 0.25) is 0 Å². The Morgan fingerprint density at radius 2 is 2.08 bits per heavy atom. The summed E-state index contributed by atoms with van der Waals surface area (Å²) < 4.78 is 2.31. The molecule has 0 fully saturated rings. The van der Waals surface area contributed by atoms with Crippen molar-refractivity contribution < 1.29 is 0 Å². The maximum absolute atomic E-state index is 2.31. The molecule has 0 saturated heterocycles. The molecule has 0 atom stereocenters. The Labute approximate surface area is 82.8 Å². The van der Waals surface area contributed by atoms with Crippen molar-refractivity contribution in [2.24, 2.45) is 0 Å². The molecule has 1 heterocycles. The second-order valence-corrected chi connectivity index (χ2v) is 4.05. The number of para-hydroxylation sites is 1. The van der Waals surface area contributed by atoms with Gasteiger partial charge in [-0.05, 0) is 23.8 Å². The highest BCUT2D eigenvalue weighted by molar-refractivity contribution is 7.98. The summed E-state index contributed by atoms with van der Waals surface area (Å²) in [6.07, 6.45) is 4.31. The molecule has 0 spiro atoms. The number of fused-ring (bicyclic) bond motifs is 1. The molecule has 0 aliphatic heterocycles. The van der Waals surface area contributed by atoms with E-state index in [0.717, 1.165) is 6.54 Å². The lowest BCUT2D eigenvalue weighted by molar-refractivity contribution is 0.808. The maximum atomic E-state index is 2.31. The van der Waals surface area contributed by atoms with Crippen molar-refractivity contribution in [2.45, 2.75) is 6.54 Å². The predicted molar refractivity (Wildman–Crippen MR) is 60.3 cm³/mol. The summed E-state index contributed by atoms with van der Waals surface area (Å²) >= 11 is 1.89. The van der Waals surface area contributed by atoms with E-state index in [1.54, 1.807) is 0 Å². The van der Waals surface area contributed by atoms with Crippen molar-refractivity contribution in [3.8, 4) is 0 Å². The Balaban J connectivity index is 2.35. The lowest BCUT2D eigenvalue weighted by Gasteiger charge is -2.02. The fourth-order valence-corrected chi connectivity index (χ4v) is 1.90. The van der Waals surface area contributed by atoms with Crippen LogP contribution < -0.4 is 0 Å². The predicted octanol–water partition coefficient (Wildman–Crippen LogP) is 3.00. The van der Waals surface area contributed by atoms with Crippen molar-refractivity contribution in [2.75, 3.05) is 12.0 Å². The van der Waals surface area contributed by atoms with Crippen LogP contribution in [0.2, 0.25) is 0 Å². The molecule has 0 unspecified atom stereocenters. The van der Waals surface area contributed by atoms with E-state index in [4.69, 9.17) is 0 Å². The Bertz CT molecular complexity index is 392. The molecule has 0 aliphatic rings. The second kappa shape index (κ2) is 3.88. The summed E-state index contributed by atoms with van der Waals surface area (Å²) in [6.45, 7) is 1.11. The smallest absolute Gasteiger partial charge is 0.0480 e. The SMILES string of the molecule is CSCCn1ccc2ccccc21. The van der Waals surface area contributed by atoms with Gasteiger partial charge in [0.15, 0.2) is 0 Å². The Kier molecular flexibility index (Phi) is 2.60. The van der Waals surface area contributed by atoms with Gasteiger partial charge in [-0.25, -0.2) is 0 Å². The highest BCUT2D eigenvalue weighted by atomic mass is 32.2. The first-order valence-electron chi connectivity index (χ1n) is 4.44. The highest BCUT2D eigenvalue weighted by Crippen LogP contribution is 2.15. The third-order valence-electron chi connectivity index (χ3n) is 2.22. The first-order valence-corrected chi connectivity index (χ1v) is 5.84. The van der Waals surface area contributed by atoms with Gasteiger partial charge >= 0.3 is 0 Å². The molecule has 2 rings (SSSR count). The van der Waals surface area contributed by atoms with Gasteiger partial charge in [-0.2, -0.15) is 11.8 Å². The normalized spacial score (nSPS) is 10.8. The van der Waals surface area contributed by atoms with Crippen LogP contribution in [0.3, 0.4) is 0 Å². The van der Waals surface area contributed by atoms with E-state index in [-0.39, 0.29) is 0 Å². The lowest BCUT2D eigenvalue weighted by Crippen LogP contribution is -1.97. The van der Waals surface area contributed by atoms with Gasteiger partial charge in [-0.3, -0.25) is 0 Å². The fourth-order valence-electron chi connectivity index (χ4n) is 1.53. The van der Waals surface area contributed by atoms with E-state index in [1.807, 2.05) is 11.8 Å². The number of aryl methyl sites for hydroxylation is 1. The van der Waals surface area contributed by atoms with Crippen LogP contribution in [0.25, 0.3) is 10.9 Å². The summed E-state index contributed by atoms with van der Waals surface area (Å²) in [7, 11) is 0. The molecular formula is C11H13NS. The zero-order valence-electron chi connectivity index (χ0n) is 7.73. The van der Waals surface area contributed by atoms with Gasteiger partial charge in [-0.1, -0.05) is 18.2 Å². The fraction of sp³-hybridized carbons (Fsp3) is 0.273. The standard InChI is InChI=1S/C11H13NS/c1-13-9-8-12-7-6-10-4-2-3-5-11(10)12/h2-7H,8-9H2,1H3. The third-order valence-corrected chi connectivity index (χ3v) is 2.81. The van der Waals surface area contributed by atoms with Gasteiger partial charge in [-0.15, -0.1) is 0 Å². The van der Waals surface area contributed by atoms with Crippen LogP contribution in [-0.4, -0.2) is 16.6 Å². The highest BCUT2D eigenvalue weighted by Gasteiger charge is 1.97. The van der Waals surface area contributed by atoms with Crippen molar-refractivity contribution in [3.05, 3.63) is 36.5 Å². The van der Waals surface area contributed by atoms with Gasteiger partial charge in [0.05, 0.1) is 0 Å². The average molecular weight is 191 g/mol. The van der Waals surface area contributed by atoms with E-state index in [9.17, 15) is 0 Å². The van der Waals surface area contributed by atoms with Gasteiger partial charge < -0.3 is 4.57 Å². The summed E-state index contributed by atoms with van der Waals surface area (Å²) in [4.78, 5) is 0. The topological polar surface area (TPSA) is 4.93 Å². The lowest BCUT2D eigenvalue weighted by atomic mass is 10.2. The number of thioether (sulfide) groups is 1. The maximum Gasteiger partial charge on any atom is 0.0480 e. The van der Waals surface area contributed by atoms with Crippen LogP contribution in [-0.2, 0) is 6.54 Å². The molecule has 0 saturated carbocycles. The number of nitrogens with zero attached hydrogens (tertiary/aromatic N) is 1. The van der Waals surface area contributed by atoms with Crippen molar-refractivity contribution in [1.29, 1.82) is 0 Å². The van der Waals surface area contributed by atoms with Crippen LogP contribution in [0.4, 0.5) is 0 Å². The molecule has 0 bridgehead atoms. The van der Waals surface area contributed by atoms with E-state index in [2.05, 4.69) is 47.4 Å². The van der Waals surface area contributed by atoms with Gasteiger partial charge in [0.25, 0.3) is 0 Å². The molecule has 0 amide bonds. The van der Waals surface area contributed by atoms with Crippen molar-refractivity contribution in [1.82, 2.24) is 4.57 Å². The molecule has 0 radical (unpaired) electrons. The van der Waals surface area contributed by atoms with Gasteiger partial charge in [0, 0.05) is 24.0 Å². The molecule has 13 heavy (non-hydrogen) atoms. The summed E-state index contributed by atoms with van der Waals surface area (Å²) in [5.41, 5.74) is 1.34. The minimum absolute atomic E-state index is 1.11. The first kappa shape index (κ1) is 8.70. The molecule has 0 aliphatic carbocycles. The zero-order valence-corrected chi connectivity index (χ0v) is 8.55. The Hall–Kier alpha value is -0.890. The van der Waals surface area contributed by atoms with Crippen LogP contribution in [0.5, 0.6) is 0 Å². The van der Waals surface area contributed by atoms with Crippen LogP contribution in [0.1, 0.15) is 0 Å².